The lowest BCUT2D eigenvalue weighted by Crippen LogP contribution is -2.43. The standard InChI is InChI=1S/C20H22N6O/c1-14-9-10-21-19(13-14)24-16-6-4-7-17(16)25-20(27)15-5-2-3-8-18(15)26-22-11-12-23-26/h2-3,5,8-13,16-17H,4,6-7H2,1H3,(H,21,24)(H,25,27)/t16-,17-/m0/s1. The normalized spacial score (nSPS) is 19.0. The zero-order chi connectivity index (χ0) is 18.6. The maximum absolute atomic E-state index is 12.9. The lowest BCUT2D eigenvalue weighted by Gasteiger charge is -2.23. The third kappa shape index (κ3) is 3.81. The van der Waals surface area contributed by atoms with Gasteiger partial charge in [0.15, 0.2) is 0 Å². The molecule has 7 nitrogen and oxygen atoms in total. The van der Waals surface area contributed by atoms with Gasteiger partial charge in [-0.1, -0.05) is 12.1 Å². The Morgan fingerprint density at radius 2 is 1.85 bits per heavy atom. The van der Waals surface area contributed by atoms with Crippen LogP contribution in [0.1, 0.15) is 35.2 Å². The fourth-order valence-electron chi connectivity index (χ4n) is 3.54. The largest absolute Gasteiger partial charge is 0.365 e. The van der Waals surface area contributed by atoms with Gasteiger partial charge in [-0.25, -0.2) is 4.98 Å². The van der Waals surface area contributed by atoms with Crippen LogP contribution < -0.4 is 10.6 Å². The Labute approximate surface area is 157 Å². The van der Waals surface area contributed by atoms with Crippen molar-refractivity contribution in [3.63, 3.8) is 0 Å². The van der Waals surface area contributed by atoms with Crippen molar-refractivity contribution in [3.8, 4) is 5.69 Å². The second-order valence-electron chi connectivity index (χ2n) is 6.82. The number of benzene rings is 1. The second-order valence-corrected chi connectivity index (χ2v) is 6.82. The molecule has 0 saturated heterocycles. The molecule has 0 aliphatic heterocycles. The molecule has 2 heterocycles. The summed E-state index contributed by atoms with van der Waals surface area (Å²) in [7, 11) is 0. The average Bonchev–Trinajstić information content (AvgIpc) is 3.34. The highest BCUT2D eigenvalue weighted by Gasteiger charge is 2.29. The van der Waals surface area contributed by atoms with Gasteiger partial charge in [-0.15, -0.1) is 0 Å². The molecular formula is C20H22N6O. The van der Waals surface area contributed by atoms with Gasteiger partial charge in [-0.2, -0.15) is 15.0 Å². The van der Waals surface area contributed by atoms with E-state index in [0.29, 0.717) is 11.3 Å². The summed E-state index contributed by atoms with van der Waals surface area (Å²) in [6.07, 6.45) is 8.01. The predicted octanol–water partition coefficient (Wildman–Crippen LogP) is 2.73. The molecule has 2 atom stereocenters. The highest BCUT2D eigenvalue weighted by atomic mass is 16.1. The number of nitrogens with zero attached hydrogens (tertiary/aromatic N) is 4. The summed E-state index contributed by atoms with van der Waals surface area (Å²) in [6, 6.07) is 11.6. The lowest BCUT2D eigenvalue weighted by atomic mass is 10.1. The number of hydrogen-bond donors (Lipinski definition) is 2. The van der Waals surface area contributed by atoms with Gasteiger partial charge in [0.2, 0.25) is 0 Å². The zero-order valence-corrected chi connectivity index (χ0v) is 15.2. The topological polar surface area (TPSA) is 84.7 Å². The van der Waals surface area contributed by atoms with E-state index in [1.807, 2.05) is 37.3 Å². The van der Waals surface area contributed by atoms with Gasteiger partial charge in [0, 0.05) is 18.3 Å². The van der Waals surface area contributed by atoms with Gasteiger partial charge in [0.25, 0.3) is 5.91 Å². The van der Waals surface area contributed by atoms with E-state index < -0.39 is 0 Å². The quantitative estimate of drug-likeness (QED) is 0.729. The highest BCUT2D eigenvalue weighted by Crippen LogP contribution is 2.23. The van der Waals surface area contributed by atoms with E-state index in [1.165, 1.54) is 4.80 Å². The summed E-state index contributed by atoms with van der Waals surface area (Å²) in [5.74, 6) is 0.737. The molecule has 1 saturated carbocycles. The number of amides is 1. The van der Waals surface area contributed by atoms with Crippen LogP contribution in [0.15, 0.2) is 55.0 Å². The molecule has 1 amide bonds. The Morgan fingerprint density at radius 3 is 2.67 bits per heavy atom. The van der Waals surface area contributed by atoms with Gasteiger partial charge in [0.1, 0.15) is 5.82 Å². The molecule has 138 valence electrons. The van der Waals surface area contributed by atoms with Crippen LogP contribution in [0.25, 0.3) is 5.69 Å². The molecule has 1 aromatic carbocycles. The van der Waals surface area contributed by atoms with Gasteiger partial charge >= 0.3 is 0 Å². The van der Waals surface area contributed by atoms with Crippen molar-refractivity contribution in [2.45, 2.75) is 38.3 Å². The number of nitrogens with one attached hydrogen (secondary N) is 2. The van der Waals surface area contributed by atoms with E-state index in [2.05, 4.69) is 25.8 Å². The minimum absolute atomic E-state index is 0.0541. The Bertz CT molecular complexity index is 924. The third-order valence-electron chi connectivity index (χ3n) is 4.86. The number of anilines is 1. The van der Waals surface area contributed by atoms with Crippen LogP contribution in [0, 0.1) is 6.92 Å². The van der Waals surface area contributed by atoms with Crippen LogP contribution in [0.5, 0.6) is 0 Å². The molecule has 0 bridgehead atoms. The van der Waals surface area contributed by atoms with Crippen LogP contribution >= 0.6 is 0 Å². The van der Waals surface area contributed by atoms with Crippen molar-refractivity contribution in [3.05, 3.63) is 66.1 Å². The maximum atomic E-state index is 12.9. The number of carbonyl (C=O) groups is 1. The van der Waals surface area contributed by atoms with Crippen LogP contribution in [0.4, 0.5) is 5.82 Å². The fraction of sp³-hybridized carbons (Fsp3) is 0.300. The SMILES string of the molecule is Cc1ccnc(N[C@H]2CCC[C@@H]2NC(=O)c2ccccc2-n2nccn2)c1. The Hall–Kier alpha value is -3.22. The molecule has 2 aromatic heterocycles. The number of pyridine rings is 1. The summed E-state index contributed by atoms with van der Waals surface area (Å²) in [5.41, 5.74) is 2.39. The number of aromatic nitrogens is 4. The van der Waals surface area contributed by atoms with E-state index in [-0.39, 0.29) is 18.0 Å². The second kappa shape index (κ2) is 7.57. The minimum Gasteiger partial charge on any atom is -0.365 e. The predicted molar refractivity (Wildman–Crippen MR) is 103 cm³/mol. The number of hydrogen-bond acceptors (Lipinski definition) is 5. The molecule has 1 fully saturated rings. The average molecular weight is 362 g/mol. The lowest BCUT2D eigenvalue weighted by molar-refractivity contribution is 0.0935. The summed E-state index contributed by atoms with van der Waals surface area (Å²) in [4.78, 5) is 18.8. The van der Waals surface area contributed by atoms with Crippen molar-refractivity contribution < 1.29 is 4.79 Å². The Balaban J connectivity index is 1.49. The highest BCUT2D eigenvalue weighted by molar-refractivity contribution is 5.97. The first-order valence-corrected chi connectivity index (χ1v) is 9.16. The molecule has 27 heavy (non-hydrogen) atoms. The first-order valence-electron chi connectivity index (χ1n) is 9.16. The number of carbonyl (C=O) groups excluding carboxylic acids is 1. The van der Waals surface area contributed by atoms with Gasteiger partial charge in [-0.05, 0) is 56.0 Å². The molecule has 0 radical (unpaired) electrons. The van der Waals surface area contributed by atoms with Crippen LogP contribution in [-0.4, -0.2) is 38.0 Å². The molecule has 0 spiro atoms. The molecule has 2 N–H and O–H groups in total. The third-order valence-corrected chi connectivity index (χ3v) is 4.86. The minimum atomic E-state index is -0.112. The van der Waals surface area contributed by atoms with Gasteiger partial charge in [0.05, 0.1) is 23.6 Å². The van der Waals surface area contributed by atoms with E-state index in [4.69, 9.17) is 0 Å². The molecular weight excluding hydrogens is 340 g/mol. The summed E-state index contributed by atoms with van der Waals surface area (Å²) >= 11 is 0. The monoisotopic (exact) mass is 362 g/mol. The number of rotatable bonds is 5. The van der Waals surface area contributed by atoms with Crippen molar-refractivity contribution in [1.29, 1.82) is 0 Å². The Morgan fingerprint density at radius 1 is 1.07 bits per heavy atom. The summed E-state index contributed by atoms with van der Waals surface area (Å²) < 4.78 is 0. The van der Waals surface area contributed by atoms with Crippen LogP contribution in [-0.2, 0) is 0 Å². The van der Waals surface area contributed by atoms with E-state index >= 15 is 0 Å². The number of aryl methyl sites for hydroxylation is 1. The number of para-hydroxylation sites is 1. The van der Waals surface area contributed by atoms with Crippen molar-refractivity contribution in [2.75, 3.05) is 5.32 Å². The molecule has 4 rings (SSSR count). The zero-order valence-electron chi connectivity index (χ0n) is 15.2. The molecule has 1 aliphatic carbocycles. The molecule has 0 unspecified atom stereocenters. The van der Waals surface area contributed by atoms with Gasteiger partial charge < -0.3 is 10.6 Å². The Kier molecular flexibility index (Phi) is 4.82. The smallest absolute Gasteiger partial charge is 0.253 e. The van der Waals surface area contributed by atoms with E-state index in [9.17, 15) is 4.79 Å². The fourth-order valence-corrected chi connectivity index (χ4v) is 3.54. The van der Waals surface area contributed by atoms with Crippen molar-refractivity contribution >= 4 is 11.7 Å². The van der Waals surface area contributed by atoms with E-state index in [0.717, 1.165) is 30.6 Å². The molecule has 7 heteroatoms. The molecule has 1 aliphatic rings. The maximum Gasteiger partial charge on any atom is 0.253 e. The van der Waals surface area contributed by atoms with Crippen LogP contribution in [0.3, 0.4) is 0 Å². The molecule has 3 aromatic rings. The van der Waals surface area contributed by atoms with E-state index in [1.54, 1.807) is 24.7 Å². The van der Waals surface area contributed by atoms with Crippen LogP contribution in [0.2, 0.25) is 0 Å². The van der Waals surface area contributed by atoms with Crippen molar-refractivity contribution in [1.82, 2.24) is 25.3 Å². The summed E-state index contributed by atoms with van der Waals surface area (Å²) in [6.45, 7) is 2.04. The van der Waals surface area contributed by atoms with Gasteiger partial charge in [-0.3, -0.25) is 4.79 Å². The van der Waals surface area contributed by atoms with Crippen molar-refractivity contribution in [2.24, 2.45) is 0 Å². The first-order chi connectivity index (χ1) is 13.2. The summed E-state index contributed by atoms with van der Waals surface area (Å²) in [5, 5.41) is 15.0. The first kappa shape index (κ1) is 17.2.